The number of phosphoric acid groups is 1. The summed E-state index contributed by atoms with van der Waals surface area (Å²) in [6, 6.07) is -0.807. The van der Waals surface area contributed by atoms with Crippen LogP contribution in [0, 0.1) is 0 Å². The van der Waals surface area contributed by atoms with Crippen molar-refractivity contribution >= 4 is 13.7 Å². The summed E-state index contributed by atoms with van der Waals surface area (Å²) in [6.45, 7) is 4.61. The highest BCUT2D eigenvalue weighted by atomic mass is 31.2. The summed E-state index contributed by atoms with van der Waals surface area (Å²) in [5, 5.41) is 14.0. The van der Waals surface area contributed by atoms with Crippen molar-refractivity contribution in [2.24, 2.45) is 0 Å². The van der Waals surface area contributed by atoms with Crippen LogP contribution < -0.4 is 10.2 Å². The third kappa shape index (κ3) is 51.6. The maximum Gasteiger partial charge on any atom is 0.268 e. The fourth-order valence-electron chi connectivity index (χ4n) is 7.87. The minimum atomic E-state index is -4.58. The lowest BCUT2D eigenvalue weighted by atomic mass is 10.0. The number of quaternary nitrogens is 1. The number of carbonyl (C=O) groups is 1. The van der Waals surface area contributed by atoms with E-state index in [1.54, 1.807) is 0 Å². The molecule has 0 radical (unpaired) electrons. The Morgan fingerprint density at radius 1 is 0.537 bits per heavy atom. The second kappa shape index (κ2) is 48.9. The summed E-state index contributed by atoms with van der Waals surface area (Å²) < 4.78 is 23.4. The Morgan fingerprint density at radius 3 is 1.33 bits per heavy atom. The summed E-state index contributed by atoms with van der Waals surface area (Å²) in [5.41, 5.74) is 0. The van der Waals surface area contributed by atoms with Crippen molar-refractivity contribution < 1.29 is 32.9 Å². The molecule has 0 bridgehead atoms. The van der Waals surface area contributed by atoms with Crippen LogP contribution in [0.5, 0.6) is 0 Å². The number of hydrogen-bond acceptors (Lipinski definition) is 6. The van der Waals surface area contributed by atoms with Gasteiger partial charge in [0.2, 0.25) is 5.91 Å². The van der Waals surface area contributed by atoms with Crippen molar-refractivity contribution in [2.75, 3.05) is 40.9 Å². The van der Waals surface area contributed by atoms with Gasteiger partial charge in [-0.15, -0.1) is 0 Å². The standard InChI is InChI=1S/C58H107N2O6P/c1-6-8-10-12-14-16-18-20-22-24-25-26-27-28-29-30-31-32-33-34-35-36-38-40-42-44-46-48-50-52-58(62)59-56(55-66-67(63,64)65-54-53-60(3,4)5)57(61)51-49-47-45-43-41-39-37-23-21-19-17-15-13-11-9-7-2/h8,10,14,16,20,22,25-26,28-29,31-32,56-57,61H,6-7,9,11-13,15,17-19,21,23-24,27,30,33-55H2,1-5H3,(H-,59,62,63,64)/b10-8-,16-14-,22-20-,26-25-,29-28-,32-31-. The number of phosphoric ester groups is 1. The molecule has 0 spiro atoms. The Bertz CT molecular complexity index is 1320. The van der Waals surface area contributed by atoms with Crippen LogP contribution in [0.25, 0.3) is 0 Å². The van der Waals surface area contributed by atoms with Crippen molar-refractivity contribution in [2.45, 2.75) is 251 Å². The number of aliphatic hydroxyl groups is 1. The van der Waals surface area contributed by atoms with Crippen LogP contribution in [0.2, 0.25) is 0 Å². The summed E-state index contributed by atoms with van der Waals surface area (Å²) in [5.74, 6) is -0.171. The lowest BCUT2D eigenvalue weighted by Gasteiger charge is -2.30. The van der Waals surface area contributed by atoms with Crippen LogP contribution in [0.3, 0.4) is 0 Å². The van der Waals surface area contributed by atoms with Gasteiger partial charge >= 0.3 is 0 Å². The first-order chi connectivity index (χ1) is 32.5. The average Bonchev–Trinajstić information content (AvgIpc) is 3.29. The van der Waals surface area contributed by atoms with Gasteiger partial charge in [-0.1, -0.05) is 241 Å². The molecule has 0 heterocycles. The van der Waals surface area contributed by atoms with Gasteiger partial charge in [0.25, 0.3) is 7.82 Å². The predicted molar refractivity (Wildman–Crippen MR) is 288 cm³/mol. The van der Waals surface area contributed by atoms with E-state index in [2.05, 4.69) is 92.1 Å². The molecule has 1 amide bonds. The van der Waals surface area contributed by atoms with Crippen LogP contribution in [0.4, 0.5) is 0 Å². The third-order valence-corrected chi connectivity index (χ3v) is 13.2. The van der Waals surface area contributed by atoms with Crippen LogP contribution >= 0.6 is 7.82 Å². The molecule has 390 valence electrons. The van der Waals surface area contributed by atoms with E-state index in [9.17, 15) is 19.4 Å². The first-order valence-electron chi connectivity index (χ1n) is 27.8. The molecule has 67 heavy (non-hydrogen) atoms. The van der Waals surface area contributed by atoms with Crippen LogP contribution in [0.15, 0.2) is 72.9 Å². The zero-order valence-electron chi connectivity index (χ0n) is 44.3. The lowest BCUT2D eigenvalue weighted by Crippen LogP contribution is -2.46. The molecule has 8 nitrogen and oxygen atoms in total. The van der Waals surface area contributed by atoms with E-state index in [0.717, 1.165) is 83.5 Å². The molecular weight excluding hydrogens is 852 g/mol. The van der Waals surface area contributed by atoms with Crippen LogP contribution in [-0.4, -0.2) is 68.5 Å². The molecule has 0 aromatic heterocycles. The van der Waals surface area contributed by atoms with Gasteiger partial charge in [0, 0.05) is 6.42 Å². The van der Waals surface area contributed by atoms with Gasteiger partial charge in [0.1, 0.15) is 13.2 Å². The number of unbranched alkanes of at least 4 members (excludes halogenated alkanes) is 25. The molecule has 0 aliphatic rings. The van der Waals surface area contributed by atoms with Gasteiger partial charge in [-0.05, 0) is 64.2 Å². The van der Waals surface area contributed by atoms with Gasteiger partial charge in [-0.3, -0.25) is 9.36 Å². The number of allylic oxidation sites excluding steroid dienone is 12. The maximum absolute atomic E-state index is 13.0. The van der Waals surface area contributed by atoms with Crippen molar-refractivity contribution in [3.8, 4) is 0 Å². The molecule has 0 rings (SSSR count). The number of hydrogen-bond donors (Lipinski definition) is 2. The summed E-state index contributed by atoms with van der Waals surface area (Å²) in [6.07, 6.45) is 66.3. The van der Waals surface area contributed by atoms with E-state index < -0.39 is 20.0 Å². The highest BCUT2D eigenvalue weighted by molar-refractivity contribution is 7.45. The van der Waals surface area contributed by atoms with Crippen molar-refractivity contribution in [3.63, 3.8) is 0 Å². The highest BCUT2D eigenvalue weighted by Gasteiger charge is 2.24. The molecule has 0 fully saturated rings. The SMILES string of the molecule is CC/C=C\C/C=C\C/C=C\C/C=C\C/C=C\C/C=C\CCCCCCCCCCCCC(=O)NC(COP(=O)([O-])OCC[N+](C)(C)C)C(O)CCCCCCCCCCCCCCCCCC. The van der Waals surface area contributed by atoms with Gasteiger partial charge < -0.3 is 28.8 Å². The van der Waals surface area contributed by atoms with E-state index in [4.69, 9.17) is 9.05 Å². The summed E-state index contributed by atoms with van der Waals surface area (Å²) in [4.78, 5) is 25.5. The number of likely N-dealkylation sites (N-methyl/N-ethyl adjacent to an activating group) is 1. The molecular formula is C58H107N2O6P. The Balaban J connectivity index is 4.18. The zero-order chi connectivity index (χ0) is 49.2. The fourth-order valence-corrected chi connectivity index (χ4v) is 8.59. The normalized spacial score (nSPS) is 14.6. The Hall–Kier alpha value is -2.06. The molecule has 9 heteroatoms. The molecule has 0 aromatic rings. The number of rotatable bonds is 50. The number of nitrogens with zero attached hydrogens (tertiary/aromatic N) is 1. The van der Waals surface area contributed by atoms with E-state index >= 15 is 0 Å². The van der Waals surface area contributed by atoms with Gasteiger partial charge in [-0.2, -0.15) is 0 Å². The van der Waals surface area contributed by atoms with E-state index in [-0.39, 0.29) is 19.1 Å². The van der Waals surface area contributed by atoms with Crippen molar-refractivity contribution in [3.05, 3.63) is 72.9 Å². The largest absolute Gasteiger partial charge is 0.756 e. The van der Waals surface area contributed by atoms with Crippen LogP contribution in [0.1, 0.15) is 239 Å². The molecule has 0 saturated carbocycles. The van der Waals surface area contributed by atoms with Gasteiger partial charge in [0.05, 0.1) is 39.9 Å². The minimum absolute atomic E-state index is 0.00871. The monoisotopic (exact) mass is 959 g/mol. The summed E-state index contributed by atoms with van der Waals surface area (Å²) >= 11 is 0. The third-order valence-electron chi connectivity index (χ3n) is 12.2. The minimum Gasteiger partial charge on any atom is -0.756 e. The second-order valence-electron chi connectivity index (χ2n) is 19.9. The topological polar surface area (TPSA) is 108 Å². The highest BCUT2D eigenvalue weighted by Crippen LogP contribution is 2.38. The molecule has 2 N–H and O–H groups in total. The van der Waals surface area contributed by atoms with E-state index in [1.807, 2.05) is 21.1 Å². The molecule has 0 aliphatic carbocycles. The average molecular weight is 959 g/mol. The fraction of sp³-hybridized carbons (Fsp3) is 0.776. The quantitative estimate of drug-likeness (QED) is 0.0272. The molecule has 0 saturated heterocycles. The molecule has 0 aromatic carbocycles. The number of nitrogens with one attached hydrogen (secondary N) is 1. The number of amides is 1. The first-order valence-corrected chi connectivity index (χ1v) is 29.2. The van der Waals surface area contributed by atoms with E-state index in [0.29, 0.717) is 23.9 Å². The lowest BCUT2D eigenvalue weighted by molar-refractivity contribution is -0.870. The van der Waals surface area contributed by atoms with Crippen molar-refractivity contribution in [1.29, 1.82) is 0 Å². The van der Waals surface area contributed by atoms with Crippen LogP contribution in [-0.2, 0) is 18.4 Å². The Labute approximate surface area is 414 Å². The Kier molecular flexibility index (Phi) is 47.4. The van der Waals surface area contributed by atoms with E-state index in [1.165, 1.54) is 128 Å². The molecule has 0 aliphatic heterocycles. The van der Waals surface area contributed by atoms with Gasteiger partial charge in [-0.25, -0.2) is 0 Å². The predicted octanol–water partition coefficient (Wildman–Crippen LogP) is 16.1. The number of aliphatic hydroxyl groups excluding tert-OH is 1. The number of carbonyl (C=O) groups excluding carboxylic acids is 1. The second-order valence-corrected chi connectivity index (χ2v) is 21.3. The summed E-state index contributed by atoms with van der Waals surface area (Å²) in [7, 11) is 1.30. The van der Waals surface area contributed by atoms with Crippen molar-refractivity contribution in [1.82, 2.24) is 5.32 Å². The maximum atomic E-state index is 13.0. The zero-order valence-corrected chi connectivity index (χ0v) is 45.2. The Morgan fingerprint density at radius 2 is 0.910 bits per heavy atom. The molecule has 3 unspecified atom stereocenters. The molecule has 3 atom stereocenters. The smallest absolute Gasteiger partial charge is 0.268 e. The first kappa shape index (κ1) is 64.9. The van der Waals surface area contributed by atoms with Gasteiger partial charge in [0.15, 0.2) is 0 Å².